The topological polar surface area (TPSA) is 44.5 Å². The minimum absolute atomic E-state index is 0.697. The molecule has 0 saturated carbocycles. The highest BCUT2D eigenvalue weighted by Gasteiger charge is 2.18. The molecule has 3 N–H and O–H groups in total. The predicted molar refractivity (Wildman–Crippen MR) is 74.3 cm³/mol. The van der Waals surface area contributed by atoms with E-state index in [4.69, 9.17) is 5.73 Å². The Kier molecular flexibility index (Phi) is 7.77. The lowest BCUT2D eigenvalue weighted by molar-refractivity contribution is 0.170. The van der Waals surface area contributed by atoms with E-state index in [1.54, 1.807) is 0 Å². The van der Waals surface area contributed by atoms with E-state index in [0.717, 1.165) is 13.1 Å². The minimum Gasteiger partial charge on any atom is -0.329 e. The number of hydrogen-bond donors (Lipinski definition) is 2. The summed E-state index contributed by atoms with van der Waals surface area (Å²) in [6.07, 6.45) is 2.55. The Labute approximate surface area is 107 Å². The number of nitrogens with zero attached hydrogens (tertiary/aromatic N) is 2. The second kappa shape index (κ2) is 8.86. The molecule has 0 aromatic heterocycles. The Balaban J connectivity index is 2.10. The molecule has 0 atom stereocenters. The molecule has 17 heavy (non-hydrogen) atoms. The molecule has 0 radical (unpaired) electrons. The summed E-state index contributed by atoms with van der Waals surface area (Å²) in [6.45, 7) is 13.5. The van der Waals surface area contributed by atoms with Crippen molar-refractivity contribution in [2.45, 2.75) is 32.7 Å². The van der Waals surface area contributed by atoms with Crippen molar-refractivity contribution in [2.24, 2.45) is 5.73 Å². The first-order valence-electron chi connectivity index (χ1n) is 7.18. The smallest absolute Gasteiger partial charge is 0.0109 e. The zero-order valence-electron chi connectivity index (χ0n) is 11.6. The SMILES string of the molecule is CCN(CC)CCN1CCC(NCCN)CC1. The average Bonchev–Trinajstić information content (AvgIpc) is 2.39. The maximum atomic E-state index is 5.51. The Morgan fingerprint density at radius 1 is 1.24 bits per heavy atom. The second-order valence-corrected chi connectivity index (χ2v) is 4.89. The molecular weight excluding hydrogens is 212 g/mol. The summed E-state index contributed by atoms with van der Waals surface area (Å²) >= 11 is 0. The quantitative estimate of drug-likeness (QED) is 0.644. The summed E-state index contributed by atoms with van der Waals surface area (Å²) < 4.78 is 0. The highest BCUT2D eigenvalue weighted by Crippen LogP contribution is 2.09. The van der Waals surface area contributed by atoms with Crippen molar-refractivity contribution in [3.05, 3.63) is 0 Å². The van der Waals surface area contributed by atoms with E-state index >= 15 is 0 Å². The van der Waals surface area contributed by atoms with Crippen molar-refractivity contribution in [2.75, 3.05) is 52.4 Å². The lowest BCUT2D eigenvalue weighted by Crippen LogP contribution is -2.45. The van der Waals surface area contributed by atoms with Crippen LogP contribution in [0.25, 0.3) is 0 Å². The summed E-state index contributed by atoms with van der Waals surface area (Å²) in [6, 6.07) is 0.697. The monoisotopic (exact) mass is 242 g/mol. The fourth-order valence-corrected chi connectivity index (χ4v) is 2.47. The van der Waals surface area contributed by atoms with Crippen LogP contribution in [0.5, 0.6) is 0 Å². The first-order valence-corrected chi connectivity index (χ1v) is 7.18. The van der Waals surface area contributed by atoms with Crippen molar-refractivity contribution in [1.29, 1.82) is 0 Å². The van der Waals surface area contributed by atoms with Gasteiger partial charge in [0.15, 0.2) is 0 Å². The van der Waals surface area contributed by atoms with Crippen molar-refractivity contribution < 1.29 is 0 Å². The largest absolute Gasteiger partial charge is 0.329 e. The highest BCUT2D eigenvalue weighted by atomic mass is 15.2. The van der Waals surface area contributed by atoms with Crippen molar-refractivity contribution in [3.8, 4) is 0 Å². The van der Waals surface area contributed by atoms with Gasteiger partial charge in [0, 0.05) is 32.2 Å². The molecule has 1 rings (SSSR count). The highest BCUT2D eigenvalue weighted by molar-refractivity contribution is 4.77. The lowest BCUT2D eigenvalue weighted by atomic mass is 10.1. The van der Waals surface area contributed by atoms with Crippen molar-refractivity contribution in [3.63, 3.8) is 0 Å². The van der Waals surface area contributed by atoms with Crippen LogP contribution in [0.1, 0.15) is 26.7 Å². The third-order valence-electron chi connectivity index (χ3n) is 3.79. The van der Waals surface area contributed by atoms with Crippen molar-refractivity contribution in [1.82, 2.24) is 15.1 Å². The molecule has 1 fully saturated rings. The molecule has 0 unspecified atom stereocenters. The molecule has 1 heterocycles. The molecule has 4 heteroatoms. The summed E-state index contributed by atoms with van der Waals surface area (Å²) in [4.78, 5) is 5.09. The van der Waals surface area contributed by atoms with Crippen LogP contribution in [0.3, 0.4) is 0 Å². The summed E-state index contributed by atoms with van der Waals surface area (Å²) in [5.41, 5.74) is 5.51. The number of hydrogen-bond acceptors (Lipinski definition) is 4. The predicted octanol–water partition coefficient (Wildman–Crippen LogP) is 0.341. The second-order valence-electron chi connectivity index (χ2n) is 4.89. The molecule has 1 aliphatic rings. The van der Waals surface area contributed by atoms with E-state index in [2.05, 4.69) is 29.0 Å². The number of nitrogens with two attached hydrogens (primary N) is 1. The normalized spacial score (nSPS) is 19.1. The molecule has 0 spiro atoms. The van der Waals surface area contributed by atoms with Gasteiger partial charge in [0.05, 0.1) is 0 Å². The third-order valence-corrected chi connectivity index (χ3v) is 3.79. The Hall–Kier alpha value is -0.160. The van der Waals surface area contributed by atoms with Gasteiger partial charge in [0.25, 0.3) is 0 Å². The lowest BCUT2D eigenvalue weighted by Gasteiger charge is -2.33. The summed E-state index contributed by atoms with van der Waals surface area (Å²) in [7, 11) is 0. The first-order chi connectivity index (χ1) is 8.30. The minimum atomic E-state index is 0.697. The Morgan fingerprint density at radius 2 is 1.88 bits per heavy atom. The van der Waals surface area contributed by atoms with Crippen LogP contribution in [-0.2, 0) is 0 Å². The molecule has 0 bridgehead atoms. The third kappa shape index (κ3) is 5.82. The molecule has 0 aromatic carbocycles. The number of rotatable bonds is 8. The van der Waals surface area contributed by atoms with Crippen LogP contribution in [-0.4, -0.2) is 68.2 Å². The van der Waals surface area contributed by atoms with Crippen LogP contribution in [0.4, 0.5) is 0 Å². The van der Waals surface area contributed by atoms with Gasteiger partial charge in [-0.15, -0.1) is 0 Å². The Morgan fingerprint density at radius 3 is 2.41 bits per heavy atom. The summed E-state index contributed by atoms with van der Waals surface area (Å²) in [5.74, 6) is 0. The van der Waals surface area contributed by atoms with Gasteiger partial charge < -0.3 is 20.9 Å². The number of nitrogens with one attached hydrogen (secondary N) is 1. The van der Waals surface area contributed by atoms with Gasteiger partial charge in [-0.05, 0) is 39.0 Å². The zero-order chi connectivity index (χ0) is 12.5. The fourth-order valence-electron chi connectivity index (χ4n) is 2.47. The van der Waals surface area contributed by atoms with Gasteiger partial charge in [0.1, 0.15) is 0 Å². The number of piperidine rings is 1. The maximum Gasteiger partial charge on any atom is 0.0109 e. The molecule has 102 valence electrons. The van der Waals surface area contributed by atoms with Gasteiger partial charge >= 0.3 is 0 Å². The molecule has 0 aliphatic carbocycles. The van der Waals surface area contributed by atoms with E-state index in [1.165, 1.54) is 52.1 Å². The van der Waals surface area contributed by atoms with Gasteiger partial charge in [-0.1, -0.05) is 13.8 Å². The summed E-state index contributed by atoms with van der Waals surface area (Å²) in [5, 5.41) is 3.52. The molecule has 1 aliphatic heterocycles. The molecular formula is C13H30N4. The van der Waals surface area contributed by atoms with Crippen LogP contribution in [0.15, 0.2) is 0 Å². The number of likely N-dealkylation sites (N-methyl/N-ethyl adjacent to an activating group) is 1. The fraction of sp³-hybridized carbons (Fsp3) is 1.00. The first kappa shape index (κ1) is 14.9. The Bertz CT molecular complexity index is 174. The van der Waals surface area contributed by atoms with Crippen LogP contribution >= 0.6 is 0 Å². The molecule has 1 saturated heterocycles. The van der Waals surface area contributed by atoms with Crippen molar-refractivity contribution >= 4 is 0 Å². The van der Waals surface area contributed by atoms with E-state index in [1.807, 2.05) is 0 Å². The van der Waals surface area contributed by atoms with E-state index in [0.29, 0.717) is 6.04 Å². The molecule has 4 nitrogen and oxygen atoms in total. The van der Waals surface area contributed by atoms with Gasteiger partial charge in [-0.25, -0.2) is 0 Å². The van der Waals surface area contributed by atoms with E-state index < -0.39 is 0 Å². The van der Waals surface area contributed by atoms with Gasteiger partial charge in [-0.3, -0.25) is 0 Å². The number of likely N-dealkylation sites (tertiary alicyclic amines) is 1. The maximum absolute atomic E-state index is 5.51. The van der Waals surface area contributed by atoms with Crippen LogP contribution in [0.2, 0.25) is 0 Å². The average molecular weight is 242 g/mol. The van der Waals surface area contributed by atoms with Gasteiger partial charge in [-0.2, -0.15) is 0 Å². The van der Waals surface area contributed by atoms with Crippen LogP contribution < -0.4 is 11.1 Å². The molecule has 0 aromatic rings. The van der Waals surface area contributed by atoms with E-state index in [-0.39, 0.29) is 0 Å². The standard InChI is InChI=1S/C13H30N4/c1-3-16(4-2)11-12-17-9-5-13(6-10-17)15-8-7-14/h13,15H,3-12,14H2,1-2H3. The molecule has 0 amide bonds. The van der Waals surface area contributed by atoms with Gasteiger partial charge in [0.2, 0.25) is 0 Å². The van der Waals surface area contributed by atoms with Crippen LogP contribution in [0, 0.1) is 0 Å². The van der Waals surface area contributed by atoms with E-state index in [9.17, 15) is 0 Å². The zero-order valence-corrected chi connectivity index (χ0v) is 11.6.